The third kappa shape index (κ3) is 4.75. The van der Waals surface area contributed by atoms with Crippen molar-refractivity contribution in [3.8, 4) is 11.5 Å². The Labute approximate surface area is 275 Å². The molecule has 0 aromatic heterocycles. The average Bonchev–Trinajstić information content (AvgIpc) is 3.28. The van der Waals surface area contributed by atoms with Crippen molar-refractivity contribution in [2.24, 2.45) is 17.8 Å². The second kappa shape index (κ2) is 11.3. The number of carbonyl (C=O) groups excluding carboxylic acids is 4. The summed E-state index contributed by atoms with van der Waals surface area (Å²) in [5.41, 5.74) is -0.0917. The van der Waals surface area contributed by atoms with Gasteiger partial charge in [0.2, 0.25) is 11.8 Å². The molecule has 1 heterocycles. The summed E-state index contributed by atoms with van der Waals surface area (Å²) in [6, 6.07) is 5.10. The molecule has 242 valence electrons. The van der Waals surface area contributed by atoms with Crippen LogP contribution in [0, 0.1) is 38.0 Å². The maximum atomic E-state index is 14.3. The SMILES string of the molecule is COc1cc([C@H]2C3=CC[C@@H]4C(=O)N(c5cc([N+](=O)[O-])c(N(C)C)c([N+](=O)[O-])c5)C(=O)[C@@H]4[C@@H]3CC3=C2C(=O)C=C(C)C3=O)cc(Br)c1O. The van der Waals surface area contributed by atoms with E-state index in [1.54, 1.807) is 18.2 Å². The second-order valence-corrected chi connectivity index (χ2v) is 12.9. The number of benzene rings is 2. The number of aromatic hydroxyl groups is 1. The standard InChI is InChI=1S/C32H27BrN4O10/c1-13-7-23(38)27-19(29(13)39)12-18-16(25(27)14-8-20(33)30(40)24(9-14)47-4)5-6-17-26(18)32(42)35(31(17)41)15-10-21(36(43)44)28(34(2)3)22(11-15)37(45)46/h5,7-11,17-18,25-26,40H,6,12H2,1-4H3/t17-,18+,25-,26-/m0/s1. The molecule has 2 aromatic rings. The molecule has 4 atom stereocenters. The fourth-order valence-electron chi connectivity index (χ4n) is 7.39. The molecule has 6 rings (SSSR count). The Hall–Kier alpha value is -5.18. The van der Waals surface area contributed by atoms with E-state index in [4.69, 9.17) is 4.74 Å². The van der Waals surface area contributed by atoms with Crippen molar-refractivity contribution in [1.29, 1.82) is 0 Å². The van der Waals surface area contributed by atoms with Crippen molar-refractivity contribution in [2.75, 3.05) is 31.0 Å². The Morgan fingerprint density at radius 2 is 1.64 bits per heavy atom. The van der Waals surface area contributed by atoms with Gasteiger partial charge in [-0.05, 0) is 65.4 Å². The number of allylic oxidation sites excluding steroid dienone is 6. The van der Waals surface area contributed by atoms with E-state index in [2.05, 4.69) is 15.9 Å². The molecule has 0 radical (unpaired) electrons. The minimum absolute atomic E-state index is 0.0162. The van der Waals surface area contributed by atoms with Crippen LogP contribution in [-0.2, 0) is 19.2 Å². The summed E-state index contributed by atoms with van der Waals surface area (Å²) in [6.07, 6.45) is 3.11. The highest BCUT2D eigenvalue weighted by molar-refractivity contribution is 9.10. The summed E-state index contributed by atoms with van der Waals surface area (Å²) in [6.45, 7) is 1.53. The molecule has 2 aromatic carbocycles. The maximum Gasteiger partial charge on any atom is 0.301 e. The summed E-state index contributed by atoms with van der Waals surface area (Å²) in [5, 5.41) is 34.5. The molecule has 15 heteroatoms. The van der Waals surface area contributed by atoms with Crippen LogP contribution in [0.2, 0.25) is 0 Å². The summed E-state index contributed by atoms with van der Waals surface area (Å²) < 4.78 is 5.62. The fourth-order valence-corrected chi connectivity index (χ4v) is 7.85. The first-order valence-corrected chi connectivity index (χ1v) is 15.3. The third-order valence-electron chi connectivity index (χ3n) is 9.32. The number of nitrogens with zero attached hydrogens (tertiary/aromatic N) is 4. The number of fused-ring (bicyclic) bond motifs is 3. The lowest BCUT2D eigenvalue weighted by Crippen LogP contribution is -2.39. The number of hydrogen-bond donors (Lipinski definition) is 1. The van der Waals surface area contributed by atoms with Gasteiger partial charge in [0.05, 0.1) is 39.0 Å². The van der Waals surface area contributed by atoms with Crippen LogP contribution in [0.3, 0.4) is 0 Å². The van der Waals surface area contributed by atoms with Crippen molar-refractivity contribution in [2.45, 2.75) is 25.7 Å². The Morgan fingerprint density at radius 1 is 1.00 bits per heavy atom. The molecule has 1 N–H and O–H groups in total. The minimum Gasteiger partial charge on any atom is -0.503 e. The first-order valence-electron chi connectivity index (χ1n) is 14.5. The quantitative estimate of drug-likeness (QED) is 0.144. The highest BCUT2D eigenvalue weighted by atomic mass is 79.9. The van der Waals surface area contributed by atoms with Gasteiger partial charge in [0.15, 0.2) is 28.8 Å². The number of phenols is 1. The lowest BCUT2D eigenvalue weighted by Gasteiger charge is -2.42. The number of Topliss-reactive ketones (excluding diaryl/α,β-unsaturated/α-hetero) is 1. The van der Waals surface area contributed by atoms with E-state index in [0.717, 1.165) is 17.0 Å². The third-order valence-corrected chi connectivity index (χ3v) is 9.92. The van der Waals surface area contributed by atoms with E-state index < -0.39 is 56.7 Å². The number of methoxy groups -OCH3 is 1. The first-order chi connectivity index (χ1) is 22.2. The van der Waals surface area contributed by atoms with Crippen molar-refractivity contribution < 1.29 is 38.9 Å². The number of amides is 2. The Balaban J connectivity index is 1.50. The average molecular weight is 707 g/mol. The van der Waals surface area contributed by atoms with E-state index in [-0.39, 0.29) is 68.5 Å². The van der Waals surface area contributed by atoms with Gasteiger partial charge in [0, 0.05) is 48.9 Å². The Morgan fingerprint density at radius 3 is 2.21 bits per heavy atom. The van der Waals surface area contributed by atoms with Gasteiger partial charge in [-0.25, -0.2) is 4.90 Å². The van der Waals surface area contributed by atoms with Crippen molar-refractivity contribution in [1.82, 2.24) is 0 Å². The van der Waals surface area contributed by atoms with Crippen LogP contribution in [0.25, 0.3) is 0 Å². The van der Waals surface area contributed by atoms with Gasteiger partial charge in [-0.15, -0.1) is 0 Å². The molecule has 1 aliphatic heterocycles. The van der Waals surface area contributed by atoms with E-state index in [1.165, 1.54) is 39.1 Å². The number of nitro benzene ring substituents is 2. The van der Waals surface area contributed by atoms with Gasteiger partial charge in [0.1, 0.15) is 0 Å². The Kier molecular flexibility index (Phi) is 7.62. The van der Waals surface area contributed by atoms with Gasteiger partial charge in [-0.1, -0.05) is 11.6 Å². The molecule has 2 amide bonds. The maximum absolute atomic E-state index is 14.3. The van der Waals surface area contributed by atoms with Crippen LogP contribution in [0.5, 0.6) is 11.5 Å². The summed E-state index contributed by atoms with van der Waals surface area (Å²) in [7, 11) is 4.17. The van der Waals surface area contributed by atoms with Crippen molar-refractivity contribution >= 4 is 62.1 Å². The summed E-state index contributed by atoms with van der Waals surface area (Å²) in [4.78, 5) is 79.7. The molecule has 4 aliphatic rings. The zero-order valence-corrected chi connectivity index (χ0v) is 27.1. The van der Waals surface area contributed by atoms with Crippen molar-refractivity contribution in [3.05, 3.63) is 89.0 Å². The van der Waals surface area contributed by atoms with Crippen LogP contribution in [0.1, 0.15) is 31.2 Å². The molecule has 1 fully saturated rings. The highest BCUT2D eigenvalue weighted by Gasteiger charge is 2.57. The predicted molar refractivity (Wildman–Crippen MR) is 170 cm³/mol. The molecule has 14 nitrogen and oxygen atoms in total. The van der Waals surface area contributed by atoms with Gasteiger partial charge >= 0.3 is 11.4 Å². The van der Waals surface area contributed by atoms with Gasteiger partial charge in [0.25, 0.3) is 0 Å². The largest absolute Gasteiger partial charge is 0.503 e. The number of halogens is 1. The predicted octanol–water partition coefficient (Wildman–Crippen LogP) is 4.68. The number of ketones is 2. The van der Waals surface area contributed by atoms with E-state index in [0.29, 0.717) is 11.1 Å². The number of carbonyl (C=O) groups is 4. The number of nitro groups is 2. The van der Waals surface area contributed by atoms with Gasteiger partial charge in [-0.2, -0.15) is 0 Å². The number of rotatable bonds is 6. The summed E-state index contributed by atoms with van der Waals surface area (Å²) >= 11 is 3.33. The zero-order chi connectivity index (χ0) is 34.2. The van der Waals surface area contributed by atoms with Crippen LogP contribution >= 0.6 is 15.9 Å². The Bertz CT molecular complexity index is 1930. The molecular weight excluding hydrogens is 680 g/mol. The van der Waals surface area contributed by atoms with E-state index in [1.807, 2.05) is 0 Å². The lowest BCUT2D eigenvalue weighted by atomic mass is 9.59. The van der Waals surface area contributed by atoms with Crippen LogP contribution < -0.4 is 14.5 Å². The first kappa shape index (κ1) is 31.8. The monoisotopic (exact) mass is 706 g/mol. The number of imide groups is 1. The van der Waals surface area contributed by atoms with Crippen molar-refractivity contribution in [3.63, 3.8) is 0 Å². The molecule has 1 saturated heterocycles. The topological polar surface area (TPSA) is 190 Å². The van der Waals surface area contributed by atoms with Gasteiger partial charge < -0.3 is 14.7 Å². The van der Waals surface area contributed by atoms with E-state index in [9.17, 15) is 44.5 Å². The molecule has 47 heavy (non-hydrogen) atoms. The zero-order valence-electron chi connectivity index (χ0n) is 25.5. The summed E-state index contributed by atoms with van der Waals surface area (Å²) in [5.74, 6) is -5.70. The highest BCUT2D eigenvalue weighted by Crippen LogP contribution is 2.56. The number of hydrogen-bond acceptors (Lipinski definition) is 11. The smallest absolute Gasteiger partial charge is 0.301 e. The normalized spacial score (nSPS) is 23.6. The van der Waals surface area contributed by atoms with Gasteiger partial charge in [-0.3, -0.25) is 39.4 Å². The molecule has 3 aliphatic carbocycles. The number of anilines is 2. The second-order valence-electron chi connectivity index (χ2n) is 12.0. The fraction of sp³-hybridized carbons (Fsp3) is 0.312. The number of phenolic OH excluding ortho intramolecular Hbond substituents is 1. The molecule has 0 bridgehead atoms. The molecule has 0 saturated carbocycles. The molecular formula is C32H27BrN4O10. The number of ether oxygens (including phenoxy) is 1. The molecule has 0 unspecified atom stereocenters. The van der Waals surface area contributed by atoms with Crippen LogP contribution in [0.4, 0.5) is 22.7 Å². The van der Waals surface area contributed by atoms with E-state index >= 15 is 0 Å². The van der Waals surface area contributed by atoms with Crippen LogP contribution in [-0.4, -0.2) is 59.5 Å². The minimum atomic E-state index is -1.03. The van der Waals surface area contributed by atoms with Crippen LogP contribution in [0.15, 0.2) is 63.2 Å². The lowest BCUT2D eigenvalue weighted by molar-refractivity contribution is -0.392. The molecule has 0 spiro atoms.